The molecule has 0 heterocycles. The maximum Gasteiger partial charge on any atom is 0.306 e. The van der Waals surface area contributed by atoms with E-state index in [1.165, 1.54) is 56.9 Å². The predicted molar refractivity (Wildman–Crippen MR) is 137 cm³/mol. The zero-order valence-electron chi connectivity index (χ0n) is 22.1. The fraction of sp³-hybridized carbons (Fsp3) is 0.759. The first-order chi connectivity index (χ1) is 15.0. The lowest BCUT2D eigenvalue weighted by molar-refractivity contribution is -0.143. The van der Waals surface area contributed by atoms with Crippen molar-refractivity contribution in [2.75, 3.05) is 6.61 Å². The van der Waals surface area contributed by atoms with Crippen molar-refractivity contribution in [2.24, 2.45) is 0 Å². The molecule has 0 saturated carbocycles. The van der Waals surface area contributed by atoms with Gasteiger partial charge in [0.1, 0.15) is 5.75 Å². The first-order valence-corrected chi connectivity index (χ1v) is 13.0. The number of hydrogen-bond acceptors (Lipinski definition) is 3. The molecule has 0 fully saturated rings. The average molecular weight is 447 g/mol. The van der Waals surface area contributed by atoms with Gasteiger partial charge in [-0.1, -0.05) is 106 Å². The minimum Gasteiger partial charge on any atom is -0.508 e. The quantitative estimate of drug-likeness (QED) is 0.230. The molecule has 0 saturated heterocycles. The highest BCUT2D eigenvalue weighted by atomic mass is 16.5. The molecule has 0 aliphatic carbocycles. The minimum absolute atomic E-state index is 0.103. The van der Waals surface area contributed by atoms with Gasteiger partial charge in [-0.3, -0.25) is 4.79 Å². The van der Waals surface area contributed by atoms with Crippen LogP contribution in [0.25, 0.3) is 0 Å². The Morgan fingerprint density at radius 2 is 1.22 bits per heavy atom. The lowest BCUT2D eigenvalue weighted by Gasteiger charge is -2.30. The third kappa shape index (κ3) is 10.9. The van der Waals surface area contributed by atoms with E-state index in [0.717, 1.165) is 24.0 Å². The van der Waals surface area contributed by atoms with Gasteiger partial charge in [0.25, 0.3) is 0 Å². The molecule has 0 radical (unpaired) electrons. The van der Waals surface area contributed by atoms with Gasteiger partial charge in [0.15, 0.2) is 0 Å². The molecule has 0 spiro atoms. The molecule has 1 aromatic carbocycles. The monoisotopic (exact) mass is 446 g/mol. The Kier molecular flexibility index (Phi) is 12.4. The third-order valence-electron chi connectivity index (χ3n) is 6.19. The summed E-state index contributed by atoms with van der Waals surface area (Å²) in [6.07, 6.45) is 13.8. The largest absolute Gasteiger partial charge is 0.508 e. The van der Waals surface area contributed by atoms with Gasteiger partial charge in [-0.2, -0.15) is 0 Å². The fourth-order valence-corrected chi connectivity index (χ4v) is 4.34. The molecule has 3 heteroatoms. The van der Waals surface area contributed by atoms with Gasteiger partial charge < -0.3 is 9.84 Å². The van der Waals surface area contributed by atoms with E-state index in [0.29, 0.717) is 25.2 Å². The van der Waals surface area contributed by atoms with Crippen LogP contribution in [-0.4, -0.2) is 17.7 Å². The number of phenols is 1. The standard InChI is InChI=1S/C29H50O3/c1-8-9-10-11-12-13-14-15-16-17-20-32-27(31)19-18-24-25(28(2,3)4)21-23(30)22-26(24)29(5,6)7/h21-22,30H,8-20H2,1-7H3. The van der Waals surface area contributed by atoms with Crippen molar-refractivity contribution in [1.82, 2.24) is 0 Å². The second kappa shape index (κ2) is 13.9. The first kappa shape index (κ1) is 28.5. The Hall–Kier alpha value is -1.51. The highest BCUT2D eigenvalue weighted by Gasteiger charge is 2.26. The zero-order valence-corrected chi connectivity index (χ0v) is 22.1. The second-order valence-corrected chi connectivity index (χ2v) is 11.4. The maximum absolute atomic E-state index is 12.4. The number of unbranched alkanes of at least 4 members (excludes halogenated alkanes) is 9. The highest BCUT2D eigenvalue weighted by Crippen LogP contribution is 2.37. The number of carbonyl (C=O) groups excluding carboxylic acids is 1. The van der Waals surface area contributed by atoms with Gasteiger partial charge in [-0.05, 0) is 52.5 Å². The molecular weight excluding hydrogens is 396 g/mol. The topological polar surface area (TPSA) is 46.5 Å². The molecule has 0 amide bonds. The Labute approximate surface area is 198 Å². The summed E-state index contributed by atoms with van der Waals surface area (Å²) in [5.41, 5.74) is 3.20. The number of benzene rings is 1. The third-order valence-corrected chi connectivity index (χ3v) is 6.19. The summed E-state index contributed by atoms with van der Waals surface area (Å²) in [5, 5.41) is 10.3. The van der Waals surface area contributed by atoms with Crippen LogP contribution in [0.4, 0.5) is 0 Å². The number of phenolic OH excluding ortho intramolecular Hbond substituents is 1. The Balaban J connectivity index is 2.45. The van der Waals surface area contributed by atoms with Crippen LogP contribution < -0.4 is 0 Å². The predicted octanol–water partition coefficient (Wildman–Crippen LogP) is 8.38. The summed E-state index contributed by atoms with van der Waals surface area (Å²) in [7, 11) is 0. The van der Waals surface area contributed by atoms with Crippen LogP contribution in [0.1, 0.15) is 136 Å². The van der Waals surface area contributed by atoms with E-state index in [2.05, 4.69) is 48.5 Å². The number of ether oxygens (including phenoxy) is 1. The lowest BCUT2D eigenvalue weighted by atomic mass is 9.75. The Bertz CT molecular complexity index is 642. The summed E-state index contributed by atoms with van der Waals surface area (Å²) in [4.78, 5) is 12.4. The van der Waals surface area contributed by atoms with Crippen molar-refractivity contribution >= 4 is 5.97 Å². The molecule has 1 rings (SSSR count). The molecule has 184 valence electrons. The lowest BCUT2D eigenvalue weighted by Crippen LogP contribution is -2.22. The van der Waals surface area contributed by atoms with Crippen LogP contribution in [0.5, 0.6) is 5.75 Å². The summed E-state index contributed by atoms with van der Waals surface area (Å²) in [6.45, 7) is 15.7. The van der Waals surface area contributed by atoms with Crippen LogP contribution in [-0.2, 0) is 26.8 Å². The van der Waals surface area contributed by atoms with E-state index >= 15 is 0 Å². The van der Waals surface area contributed by atoms with E-state index < -0.39 is 0 Å². The number of esters is 1. The number of hydrogen-bond donors (Lipinski definition) is 1. The van der Waals surface area contributed by atoms with E-state index in [-0.39, 0.29) is 16.8 Å². The maximum atomic E-state index is 12.4. The SMILES string of the molecule is CCCCCCCCCCCCOC(=O)CCc1c(C(C)(C)C)cc(O)cc1C(C)(C)C. The van der Waals surface area contributed by atoms with Crippen molar-refractivity contribution in [3.05, 3.63) is 28.8 Å². The molecule has 3 nitrogen and oxygen atoms in total. The van der Waals surface area contributed by atoms with Crippen LogP contribution in [0.3, 0.4) is 0 Å². The number of carbonyl (C=O) groups is 1. The number of rotatable bonds is 14. The molecule has 1 aromatic rings. The zero-order chi connectivity index (χ0) is 24.2. The van der Waals surface area contributed by atoms with Gasteiger partial charge in [-0.15, -0.1) is 0 Å². The van der Waals surface area contributed by atoms with Crippen molar-refractivity contribution in [2.45, 2.75) is 136 Å². The number of aromatic hydroxyl groups is 1. The molecule has 0 atom stereocenters. The minimum atomic E-state index is -0.117. The molecule has 1 N–H and O–H groups in total. The van der Waals surface area contributed by atoms with Gasteiger partial charge in [0, 0.05) is 6.42 Å². The van der Waals surface area contributed by atoms with Crippen molar-refractivity contribution in [3.8, 4) is 5.75 Å². The van der Waals surface area contributed by atoms with Crippen molar-refractivity contribution < 1.29 is 14.6 Å². The van der Waals surface area contributed by atoms with E-state index in [9.17, 15) is 9.90 Å². The van der Waals surface area contributed by atoms with Crippen LogP contribution in [0.15, 0.2) is 12.1 Å². The molecule has 0 aliphatic heterocycles. The smallest absolute Gasteiger partial charge is 0.306 e. The van der Waals surface area contributed by atoms with Gasteiger partial charge in [0.2, 0.25) is 0 Å². The summed E-state index contributed by atoms with van der Waals surface area (Å²) in [6, 6.07) is 3.72. The highest BCUT2D eigenvalue weighted by molar-refractivity contribution is 5.70. The fourth-order valence-electron chi connectivity index (χ4n) is 4.34. The molecular formula is C29H50O3. The Morgan fingerprint density at radius 3 is 1.66 bits per heavy atom. The molecule has 0 aromatic heterocycles. The van der Waals surface area contributed by atoms with Crippen molar-refractivity contribution in [3.63, 3.8) is 0 Å². The van der Waals surface area contributed by atoms with Gasteiger partial charge in [-0.25, -0.2) is 0 Å². The van der Waals surface area contributed by atoms with Crippen LogP contribution >= 0.6 is 0 Å². The molecule has 0 aliphatic rings. The summed E-state index contributed by atoms with van der Waals surface area (Å²) in [5.74, 6) is 0.181. The van der Waals surface area contributed by atoms with Crippen molar-refractivity contribution in [1.29, 1.82) is 0 Å². The van der Waals surface area contributed by atoms with E-state index in [1.807, 2.05) is 12.1 Å². The summed E-state index contributed by atoms with van der Waals surface area (Å²) < 4.78 is 5.52. The van der Waals surface area contributed by atoms with Crippen LogP contribution in [0.2, 0.25) is 0 Å². The van der Waals surface area contributed by atoms with Gasteiger partial charge >= 0.3 is 5.97 Å². The van der Waals surface area contributed by atoms with Gasteiger partial charge in [0.05, 0.1) is 6.61 Å². The van der Waals surface area contributed by atoms with E-state index in [4.69, 9.17) is 4.74 Å². The summed E-state index contributed by atoms with van der Waals surface area (Å²) >= 11 is 0. The van der Waals surface area contributed by atoms with E-state index in [1.54, 1.807) is 0 Å². The first-order valence-electron chi connectivity index (χ1n) is 13.0. The molecule has 32 heavy (non-hydrogen) atoms. The second-order valence-electron chi connectivity index (χ2n) is 11.4. The average Bonchev–Trinajstić information content (AvgIpc) is 2.69. The normalized spacial score (nSPS) is 12.2. The Morgan fingerprint density at radius 1 is 0.781 bits per heavy atom. The van der Waals surface area contributed by atoms with Crippen LogP contribution in [0, 0.1) is 0 Å². The molecule has 0 unspecified atom stereocenters. The molecule has 0 bridgehead atoms.